The lowest BCUT2D eigenvalue weighted by Crippen LogP contribution is -2.33. The minimum Gasteiger partial charge on any atom is -0.493 e. The molecule has 7 nitrogen and oxygen atoms in total. The third-order valence-corrected chi connectivity index (χ3v) is 4.21. The third-order valence-electron chi connectivity index (χ3n) is 4.21. The molecule has 0 spiro atoms. The van der Waals surface area contributed by atoms with Crippen molar-refractivity contribution in [3.05, 3.63) is 29.5 Å². The van der Waals surface area contributed by atoms with Crippen LogP contribution in [0, 0.1) is 0 Å². The lowest BCUT2D eigenvalue weighted by atomic mass is 10.2. The van der Waals surface area contributed by atoms with Gasteiger partial charge in [0.05, 0.1) is 26.9 Å². The maximum absolute atomic E-state index is 12.4. The number of hydrogen-bond acceptors (Lipinski definition) is 6. The highest BCUT2D eigenvalue weighted by molar-refractivity contribution is 5.93. The van der Waals surface area contributed by atoms with Gasteiger partial charge in [-0.2, -0.15) is 0 Å². The first-order valence-electron chi connectivity index (χ1n) is 8.52. The second kappa shape index (κ2) is 9.12. The van der Waals surface area contributed by atoms with Crippen molar-refractivity contribution in [2.75, 3.05) is 34.5 Å². The molecule has 1 aromatic carbocycles. The first kappa shape index (κ1) is 19.6. The van der Waals surface area contributed by atoms with E-state index in [0.29, 0.717) is 23.8 Å². The van der Waals surface area contributed by atoms with Gasteiger partial charge >= 0.3 is 5.97 Å². The number of amides is 1. The van der Waals surface area contributed by atoms with Gasteiger partial charge in [0, 0.05) is 12.2 Å². The number of esters is 1. The first-order chi connectivity index (χ1) is 12.5. The van der Waals surface area contributed by atoms with Crippen molar-refractivity contribution in [1.82, 2.24) is 4.90 Å². The lowest BCUT2D eigenvalue weighted by molar-refractivity contribution is -0.132. The molecule has 142 valence electrons. The molecule has 0 aromatic heterocycles. The smallest absolute Gasteiger partial charge is 0.338 e. The minimum absolute atomic E-state index is 0.218. The average Bonchev–Trinajstić information content (AvgIpc) is 3.19. The zero-order chi connectivity index (χ0) is 19.1. The van der Waals surface area contributed by atoms with Gasteiger partial charge in [0.1, 0.15) is 0 Å². The fraction of sp³-hybridized carbons (Fsp3) is 0.474. The zero-order valence-electron chi connectivity index (χ0n) is 15.7. The molecule has 0 bridgehead atoms. The summed E-state index contributed by atoms with van der Waals surface area (Å²) in [6.45, 7) is 2.13. The molecule has 1 aromatic rings. The monoisotopic (exact) mass is 363 g/mol. The Bertz CT molecular complexity index is 672. The average molecular weight is 363 g/mol. The van der Waals surface area contributed by atoms with Crippen LogP contribution < -0.4 is 14.2 Å². The number of likely N-dealkylation sites (N-methyl/N-ethyl adjacent to an activating group) is 1. The molecule has 0 saturated heterocycles. The number of nitrogens with zero attached hydrogens (tertiary/aromatic N) is 1. The molecule has 0 radical (unpaired) electrons. The van der Waals surface area contributed by atoms with Gasteiger partial charge in [-0.3, -0.25) is 4.79 Å². The van der Waals surface area contributed by atoms with E-state index < -0.39 is 5.97 Å². The van der Waals surface area contributed by atoms with Crippen molar-refractivity contribution in [3.8, 4) is 17.2 Å². The van der Waals surface area contributed by atoms with Crippen LogP contribution in [-0.4, -0.2) is 51.3 Å². The number of rotatable bonds is 8. The Morgan fingerprint density at radius 2 is 1.73 bits per heavy atom. The van der Waals surface area contributed by atoms with Crippen LogP contribution in [0.25, 0.3) is 0 Å². The van der Waals surface area contributed by atoms with E-state index in [-0.39, 0.29) is 18.1 Å². The summed E-state index contributed by atoms with van der Waals surface area (Å²) >= 11 is 0. The molecule has 1 aliphatic rings. The summed E-state index contributed by atoms with van der Waals surface area (Å²) in [5.74, 6) is 0.205. The van der Waals surface area contributed by atoms with Gasteiger partial charge in [0.15, 0.2) is 18.1 Å². The predicted molar refractivity (Wildman–Crippen MR) is 95.7 cm³/mol. The standard InChI is InChI=1S/C19H25NO6/c1-5-20(14-8-6-7-9-14)17(21)12-26-19(22)13-10-15(23-2)18(25-4)16(11-13)24-3/h8,10-11H,5-7,9,12H2,1-4H3. The number of hydrogen-bond donors (Lipinski definition) is 0. The van der Waals surface area contributed by atoms with E-state index in [9.17, 15) is 9.59 Å². The minimum atomic E-state index is -0.631. The van der Waals surface area contributed by atoms with Crippen molar-refractivity contribution in [2.45, 2.75) is 26.2 Å². The van der Waals surface area contributed by atoms with E-state index in [1.807, 2.05) is 6.92 Å². The van der Waals surface area contributed by atoms with Crippen LogP contribution in [0.1, 0.15) is 36.5 Å². The normalized spacial score (nSPS) is 13.0. The molecule has 7 heteroatoms. The van der Waals surface area contributed by atoms with Crippen molar-refractivity contribution in [3.63, 3.8) is 0 Å². The van der Waals surface area contributed by atoms with E-state index in [1.165, 1.54) is 33.5 Å². The van der Waals surface area contributed by atoms with Crippen LogP contribution in [0.4, 0.5) is 0 Å². The summed E-state index contributed by atoms with van der Waals surface area (Å²) in [6, 6.07) is 2.98. The van der Waals surface area contributed by atoms with Crippen molar-refractivity contribution in [1.29, 1.82) is 0 Å². The number of carbonyl (C=O) groups is 2. The first-order valence-corrected chi connectivity index (χ1v) is 8.52. The van der Waals surface area contributed by atoms with Gasteiger partial charge < -0.3 is 23.8 Å². The number of carbonyl (C=O) groups excluding carboxylic acids is 2. The van der Waals surface area contributed by atoms with E-state index in [4.69, 9.17) is 18.9 Å². The van der Waals surface area contributed by atoms with Crippen LogP contribution in [0.2, 0.25) is 0 Å². The highest BCUT2D eigenvalue weighted by Crippen LogP contribution is 2.38. The van der Waals surface area contributed by atoms with E-state index in [1.54, 1.807) is 4.90 Å². The molecular weight excluding hydrogens is 338 g/mol. The topological polar surface area (TPSA) is 74.3 Å². The Kier molecular flexibility index (Phi) is 6.89. The molecule has 0 atom stereocenters. The SMILES string of the molecule is CCN(C(=O)COC(=O)c1cc(OC)c(OC)c(OC)c1)C1=CCCC1. The molecule has 1 aliphatic carbocycles. The molecule has 2 rings (SSSR count). The molecule has 0 fully saturated rings. The van der Waals surface area contributed by atoms with Crippen LogP contribution in [-0.2, 0) is 9.53 Å². The maximum atomic E-state index is 12.4. The van der Waals surface area contributed by atoms with E-state index >= 15 is 0 Å². The molecular formula is C19H25NO6. The quantitative estimate of drug-likeness (QED) is 0.661. The Morgan fingerprint density at radius 3 is 2.19 bits per heavy atom. The van der Waals surface area contributed by atoms with Crippen molar-refractivity contribution >= 4 is 11.9 Å². The molecule has 26 heavy (non-hydrogen) atoms. The highest BCUT2D eigenvalue weighted by atomic mass is 16.5. The maximum Gasteiger partial charge on any atom is 0.338 e. The molecule has 0 N–H and O–H groups in total. The summed E-state index contributed by atoms with van der Waals surface area (Å²) < 4.78 is 20.9. The molecule has 0 saturated carbocycles. The summed E-state index contributed by atoms with van der Waals surface area (Å²) in [7, 11) is 4.41. The highest BCUT2D eigenvalue weighted by Gasteiger charge is 2.22. The number of benzene rings is 1. The number of methoxy groups -OCH3 is 3. The van der Waals surface area contributed by atoms with E-state index in [2.05, 4.69) is 6.08 Å². The Morgan fingerprint density at radius 1 is 1.08 bits per heavy atom. The molecule has 1 amide bonds. The van der Waals surface area contributed by atoms with Crippen LogP contribution >= 0.6 is 0 Å². The van der Waals surface area contributed by atoms with Gasteiger partial charge in [-0.15, -0.1) is 0 Å². The molecule has 0 heterocycles. The predicted octanol–water partition coefficient (Wildman–Crippen LogP) is 2.79. The van der Waals surface area contributed by atoms with Crippen molar-refractivity contribution < 1.29 is 28.5 Å². The summed E-state index contributed by atoms with van der Waals surface area (Å²) in [5, 5.41) is 0. The summed E-state index contributed by atoms with van der Waals surface area (Å²) in [5.41, 5.74) is 1.22. The Balaban J connectivity index is 2.08. The van der Waals surface area contributed by atoms with Gasteiger partial charge in [-0.25, -0.2) is 4.79 Å². The van der Waals surface area contributed by atoms with Gasteiger partial charge in [-0.1, -0.05) is 6.08 Å². The summed E-state index contributed by atoms with van der Waals surface area (Å²) in [6.07, 6.45) is 4.96. The second-order valence-corrected chi connectivity index (χ2v) is 5.72. The van der Waals surface area contributed by atoms with E-state index in [0.717, 1.165) is 25.0 Å². The Labute approximate surface area is 153 Å². The second-order valence-electron chi connectivity index (χ2n) is 5.72. The van der Waals surface area contributed by atoms with Crippen LogP contribution in [0.5, 0.6) is 17.2 Å². The fourth-order valence-electron chi connectivity index (χ4n) is 2.93. The largest absolute Gasteiger partial charge is 0.493 e. The summed E-state index contributed by atoms with van der Waals surface area (Å²) in [4.78, 5) is 26.4. The Hall–Kier alpha value is -2.70. The molecule has 0 unspecified atom stereocenters. The number of ether oxygens (including phenoxy) is 4. The van der Waals surface area contributed by atoms with Crippen LogP contribution in [0.15, 0.2) is 23.9 Å². The van der Waals surface area contributed by atoms with Gasteiger partial charge in [0.2, 0.25) is 5.75 Å². The third kappa shape index (κ3) is 4.28. The fourth-order valence-corrected chi connectivity index (χ4v) is 2.93. The lowest BCUT2D eigenvalue weighted by Gasteiger charge is -2.22. The van der Waals surface area contributed by atoms with Gasteiger partial charge in [0.25, 0.3) is 5.91 Å². The van der Waals surface area contributed by atoms with Crippen molar-refractivity contribution in [2.24, 2.45) is 0 Å². The zero-order valence-corrected chi connectivity index (χ0v) is 15.7. The molecule has 0 aliphatic heterocycles. The van der Waals surface area contributed by atoms with Crippen LogP contribution in [0.3, 0.4) is 0 Å². The van der Waals surface area contributed by atoms with Gasteiger partial charge in [-0.05, 0) is 38.3 Å². The number of allylic oxidation sites excluding steroid dienone is 2.